The summed E-state index contributed by atoms with van der Waals surface area (Å²) in [6.07, 6.45) is 33.2. The number of allylic oxidation sites excluding steroid dienone is 5. The Morgan fingerprint density at radius 3 is 1.44 bits per heavy atom. The molecule has 0 spiro atoms. The summed E-state index contributed by atoms with van der Waals surface area (Å²) in [6, 6.07) is -0.921. The van der Waals surface area contributed by atoms with Crippen molar-refractivity contribution >= 4 is 5.91 Å². The zero-order valence-electron chi connectivity index (χ0n) is 43.8. The summed E-state index contributed by atoms with van der Waals surface area (Å²) in [6.45, 7) is 2.77. The average Bonchev–Trinajstić information content (AvgIpc) is 3.36. The predicted molar refractivity (Wildman–Crippen MR) is 277 cm³/mol. The molecule has 2 heterocycles. The van der Waals surface area contributed by atoms with E-state index in [2.05, 4.69) is 43.5 Å². The normalized spacial score (nSPS) is 26.2. The van der Waals surface area contributed by atoms with Crippen molar-refractivity contribution < 1.29 is 64.6 Å². The van der Waals surface area contributed by atoms with E-state index in [9.17, 15) is 45.6 Å². The lowest BCUT2D eigenvalue weighted by Crippen LogP contribution is -2.65. The second-order valence-electron chi connectivity index (χ2n) is 20.1. The number of amides is 1. The number of rotatable bonds is 44. The van der Waals surface area contributed by atoms with Crippen LogP contribution in [0.4, 0.5) is 0 Å². The molecule has 0 aromatic carbocycles. The molecule has 0 aliphatic carbocycles. The molecule has 2 aliphatic heterocycles. The van der Waals surface area contributed by atoms with Gasteiger partial charge in [0, 0.05) is 6.42 Å². The van der Waals surface area contributed by atoms with E-state index in [0.717, 1.165) is 64.2 Å². The van der Waals surface area contributed by atoms with Gasteiger partial charge in [-0.1, -0.05) is 198 Å². The Bertz CT molecular complexity index is 1320. The summed E-state index contributed by atoms with van der Waals surface area (Å²) >= 11 is 0. The van der Waals surface area contributed by atoms with E-state index in [1.165, 1.54) is 128 Å². The van der Waals surface area contributed by atoms with Gasteiger partial charge < -0.3 is 65.1 Å². The van der Waals surface area contributed by atoms with E-state index in [-0.39, 0.29) is 18.9 Å². The van der Waals surface area contributed by atoms with Crippen molar-refractivity contribution in [3.05, 3.63) is 36.5 Å². The second kappa shape index (κ2) is 42.6. The van der Waals surface area contributed by atoms with Gasteiger partial charge >= 0.3 is 0 Å². The van der Waals surface area contributed by atoms with Crippen LogP contribution in [0.1, 0.15) is 219 Å². The van der Waals surface area contributed by atoms with Crippen molar-refractivity contribution in [1.29, 1.82) is 0 Å². The molecule has 2 saturated heterocycles. The highest BCUT2D eigenvalue weighted by Crippen LogP contribution is 2.30. The molecule has 0 radical (unpaired) electrons. The number of hydrogen-bond donors (Lipinski definition) is 9. The molecule has 0 saturated carbocycles. The molecule has 410 valence electrons. The minimum atomic E-state index is -1.79. The molecule has 9 N–H and O–H groups in total. The Balaban J connectivity index is 1.81. The van der Waals surface area contributed by atoms with Gasteiger partial charge in [-0.25, -0.2) is 0 Å². The lowest BCUT2D eigenvalue weighted by molar-refractivity contribution is -0.359. The molecule has 2 rings (SSSR count). The Hall–Kier alpha value is -1.79. The first-order valence-electron chi connectivity index (χ1n) is 28.2. The largest absolute Gasteiger partial charge is 0.394 e. The summed E-state index contributed by atoms with van der Waals surface area (Å²) in [5.41, 5.74) is 0. The number of aliphatic hydroxyl groups is 8. The van der Waals surface area contributed by atoms with E-state index in [1.54, 1.807) is 6.08 Å². The molecule has 0 aromatic heterocycles. The first-order valence-corrected chi connectivity index (χ1v) is 28.2. The highest BCUT2D eigenvalue weighted by atomic mass is 16.7. The van der Waals surface area contributed by atoms with Gasteiger partial charge in [0.05, 0.1) is 32.0 Å². The van der Waals surface area contributed by atoms with E-state index in [4.69, 9.17) is 18.9 Å². The molecule has 2 aliphatic rings. The molecule has 70 heavy (non-hydrogen) atoms. The number of hydrogen-bond acceptors (Lipinski definition) is 13. The van der Waals surface area contributed by atoms with Crippen LogP contribution in [0.3, 0.4) is 0 Å². The van der Waals surface area contributed by atoms with Crippen LogP contribution in [-0.4, -0.2) is 140 Å². The fourth-order valence-corrected chi connectivity index (χ4v) is 9.20. The topological polar surface area (TPSA) is 228 Å². The Morgan fingerprint density at radius 2 is 0.943 bits per heavy atom. The van der Waals surface area contributed by atoms with Gasteiger partial charge in [0.25, 0.3) is 0 Å². The van der Waals surface area contributed by atoms with Crippen LogP contribution in [0.15, 0.2) is 36.5 Å². The van der Waals surface area contributed by atoms with Crippen molar-refractivity contribution in [2.45, 2.75) is 293 Å². The van der Waals surface area contributed by atoms with Crippen LogP contribution in [0, 0.1) is 0 Å². The standard InChI is InChI=1S/C56H103NO13/c1-3-5-7-9-11-13-15-17-19-21-22-23-24-25-27-29-31-33-35-37-39-45(60)44(57-48(61)40-38-36-34-32-30-28-26-20-18-16-14-12-10-8-6-4-2)43-67-55-53(66)51(64)54(47(42-59)69-55)70-56-52(65)50(63)49(62)46(41-58)68-56/h14,16,20,26,37,39,44-47,49-56,58-60,62-66H,3-13,15,17-19,21-25,27-36,38,40-43H2,1-2H3,(H,57,61)/b16-14-,26-20-,39-37+. The van der Waals surface area contributed by atoms with Gasteiger partial charge in [-0.15, -0.1) is 0 Å². The number of nitrogens with one attached hydrogen (secondary N) is 1. The zero-order chi connectivity index (χ0) is 51.0. The Labute approximate surface area is 423 Å². The molecule has 14 heteroatoms. The Morgan fingerprint density at radius 1 is 0.514 bits per heavy atom. The smallest absolute Gasteiger partial charge is 0.220 e. The SMILES string of the molecule is CCCCCC/C=C\C/C=C\CCCCCCCC(=O)NC(COC1OC(CO)C(OC2OC(CO)C(O)C(O)C2O)C(O)C1O)C(O)/C=C/CCCCCCCCCCCCCCCCCCCC. The molecule has 0 bridgehead atoms. The maximum absolute atomic E-state index is 13.2. The summed E-state index contributed by atoms with van der Waals surface area (Å²) in [4.78, 5) is 13.2. The van der Waals surface area contributed by atoms with Crippen LogP contribution in [-0.2, 0) is 23.7 Å². The van der Waals surface area contributed by atoms with E-state index in [0.29, 0.717) is 6.42 Å². The lowest BCUT2D eigenvalue weighted by Gasteiger charge is -2.46. The quantitative estimate of drug-likeness (QED) is 0.0206. The first kappa shape index (κ1) is 64.3. The predicted octanol–water partition coefficient (Wildman–Crippen LogP) is 8.66. The molecule has 12 atom stereocenters. The van der Waals surface area contributed by atoms with Crippen molar-refractivity contribution in [2.24, 2.45) is 0 Å². The minimum absolute atomic E-state index is 0.253. The third-order valence-corrected chi connectivity index (χ3v) is 13.8. The number of ether oxygens (including phenoxy) is 4. The van der Waals surface area contributed by atoms with Crippen molar-refractivity contribution in [1.82, 2.24) is 5.32 Å². The van der Waals surface area contributed by atoms with Crippen LogP contribution in [0.2, 0.25) is 0 Å². The molecule has 2 fully saturated rings. The lowest BCUT2D eigenvalue weighted by atomic mass is 9.97. The van der Waals surface area contributed by atoms with Gasteiger partial charge in [-0.05, 0) is 51.4 Å². The summed E-state index contributed by atoms with van der Waals surface area (Å²) in [7, 11) is 0. The molecular weight excluding hydrogens is 895 g/mol. The Kier molecular flexibility index (Phi) is 39.1. The number of unbranched alkanes of at least 4 members (excludes halogenated alkanes) is 27. The molecule has 12 unspecified atom stereocenters. The molecule has 1 amide bonds. The number of carbonyl (C=O) groups excluding carboxylic acids is 1. The van der Waals surface area contributed by atoms with Crippen molar-refractivity contribution in [3.8, 4) is 0 Å². The number of carbonyl (C=O) groups is 1. The van der Waals surface area contributed by atoms with Gasteiger partial charge in [-0.2, -0.15) is 0 Å². The van der Waals surface area contributed by atoms with E-state index in [1.807, 2.05) is 6.08 Å². The maximum atomic E-state index is 13.2. The third kappa shape index (κ3) is 28.6. The van der Waals surface area contributed by atoms with E-state index < -0.39 is 86.8 Å². The van der Waals surface area contributed by atoms with Gasteiger partial charge in [0.1, 0.15) is 48.8 Å². The minimum Gasteiger partial charge on any atom is -0.394 e. The maximum Gasteiger partial charge on any atom is 0.220 e. The van der Waals surface area contributed by atoms with Gasteiger partial charge in [0.15, 0.2) is 12.6 Å². The fourth-order valence-electron chi connectivity index (χ4n) is 9.20. The third-order valence-electron chi connectivity index (χ3n) is 13.8. The monoisotopic (exact) mass is 998 g/mol. The first-order chi connectivity index (χ1) is 34.1. The average molecular weight is 998 g/mol. The number of aliphatic hydroxyl groups excluding tert-OH is 8. The molecule has 0 aromatic rings. The van der Waals surface area contributed by atoms with E-state index >= 15 is 0 Å². The second-order valence-corrected chi connectivity index (χ2v) is 20.1. The van der Waals surface area contributed by atoms with Gasteiger partial charge in [-0.3, -0.25) is 4.79 Å². The summed E-state index contributed by atoms with van der Waals surface area (Å²) in [5.74, 6) is -0.253. The van der Waals surface area contributed by atoms with Crippen LogP contribution in [0.5, 0.6) is 0 Å². The van der Waals surface area contributed by atoms with Crippen molar-refractivity contribution in [2.75, 3.05) is 19.8 Å². The zero-order valence-corrected chi connectivity index (χ0v) is 43.8. The van der Waals surface area contributed by atoms with Crippen LogP contribution >= 0.6 is 0 Å². The van der Waals surface area contributed by atoms with Crippen LogP contribution in [0.25, 0.3) is 0 Å². The molecule has 14 nitrogen and oxygen atoms in total. The molecular formula is C56H103NO13. The highest BCUT2D eigenvalue weighted by Gasteiger charge is 2.51. The van der Waals surface area contributed by atoms with Gasteiger partial charge in [0.2, 0.25) is 5.91 Å². The highest BCUT2D eigenvalue weighted by molar-refractivity contribution is 5.76. The fraction of sp³-hybridized carbons (Fsp3) is 0.875. The van der Waals surface area contributed by atoms with Crippen molar-refractivity contribution in [3.63, 3.8) is 0 Å². The summed E-state index contributed by atoms with van der Waals surface area (Å²) < 4.78 is 22.7. The summed E-state index contributed by atoms with van der Waals surface area (Å²) in [5, 5.41) is 87.0. The van der Waals surface area contributed by atoms with Crippen LogP contribution < -0.4 is 5.32 Å².